The predicted octanol–water partition coefficient (Wildman–Crippen LogP) is 5.92. The summed E-state index contributed by atoms with van der Waals surface area (Å²) < 4.78 is 19.7. The number of hydrogen-bond donors (Lipinski definition) is 0. The van der Waals surface area contributed by atoms with Crippen LogP contribution >= 0.6 is 0 Å². The first-order valence-electron chi connectivity index (χ1n) is 10.6. The van der Waals surface area contributed by atoms with E-state index in [0.29, 0.717) is 0 Å². The molecule has 0 aromatic carbocycles. The average Bonchev–Trinajstić information content (AvgIpc) is 2.59. The highest BCUT2D eigenvalue weighted by Gasteiger charge is 2.47. The number of rotatable bonds is 15. The molecule has 26 heavy (non-hydrogen) atoms. The van der Waals surface area contributed by atoms with Gasteiger partial charge in [-0.2, -0.15) is 0 Å². The summed E-state index contributed by atoms with van der Waals surface area (Å²) in [5, 5.41) is 0. The smallest absolute Gasteiger partial charge is 0.377 e. The second-order valence-electron chi connectivity index (χ2n) is 8.44. The van der Waals surface area contributed by atoms with E-state index in [4.69, 9.17) is 13.3 Å². The molecular weight excluding hydrogens is 358 g/mol. The second-order valence-corrected chi connectivity index (χ2v) is 17.4. The van der Waals surface area contributed by atoms with Crippen LogP contribution in [0.1, 0.15) is 74.1 Å². The van der Waals surface area contributed by atoms with Crippen LogP contribution < -0.4 is 0 Å². The lowest BCUT2D eigenvalue weighted by Crippen LogP contribution is -2.60. The maximum absolute atomic E-state index is 5.58. The molecule has 0 fully saturated rings. The first kappa shape index (κ1) is 26.3. The third-order valence-corrected chi connectivity index (χ3v) is 16.1. The molecule has 0 rings (SSSR count). The Morgan fingerprint density at radius 3 is 1.46 bits per heavy atom. The van der Waals surface area contributed by atoms with Crippen LogP contribution in [-0.2, 0) is 13.3 Å². The number of unbranched alkanes of at least 4 members (excludes halogenated alkanes) is 2. The Labute approximate surface area is 166 Å². The van der Waals surface area contributed by atoms with Crippen molar-refractivity contribution in [3.63, 3.8) is 0 Å². The van der Waals surface area contributed by atoms with Crippen molar-refractivity contribution in [3.8, 4) is 0 Å². The van der Waals surface area contributed by atoms with E-state index < -0.39 is 17.0 Å². The summed E-state index contributed by atoms with van der Waals surface area (Å²) in [6, 6.07) is 0.901. The Kier molecular flexibility index (Phi) is 12.8. The molecule has 0 radical (unpaired) electrons. The second kappa shape index (κ2) is 12.7. The monoisotopic (exact) mass is 405 g/mol. The van der Waals surface area contributed by atoms with E-state index in [1.54, 1.807) is 21.3 Å². The lowest BCUT2D eigenvalue weighted by molar-refractivity contribution is 0.122. The summed E-state index contributed by atoms with van der Waals surface area (Å²) in [5.41, 5.74) is 2.30. The number of hydrogen-bond acceptors (Lipinski definition) is 4. The fourth-order valence-corrected chi connectivity index (χ4v) is 14.2. The molecule has 0 aromatic heterocycles. The maximum Gasteiger partial charge on any atom is 0.500 e. The first-order valence-corrected chi connectivity index (χ1v) is 14.7. The molecule has 4 nitrogen and oxygen atoms in total. The molecule has 0 bridgehead atoms. The van der Waals surface area contributed by atoms with E-state index in [-0.39, 0.29) is 0 Å². The van der Waals surface area contributed by atoms with Crippen molar-refractivity contribution < 1.29 is 13.3 Å². The lowest BCUT2D eigenvalue weighted by atomic mass is 10.3. The molecule has 0 spiro atoms. The van der Waals surface area contributed by atoms with Gasteiger partial charge >= 0.3 is 8.80 Å². The van der Waals surface area contributed by atoms with Crippen molar-refractivity contribution in [1.82, 2.24) is 4.57 Å². The summed E-state index contributed by atoms with van der Waals surface area (Å²) in [6.45, 7) is 19.5. The molecule has 0 saturated heterocycles. The van der Waals surface area contributed by atoms with E-state index in [1.807, 2.05) is 0 Å². The van der Waals surface area contributed by atoms with E-state index in [2.05, 4.69) is 53.0 Å². The Hall–Kier alpha value is 0.274. The van der Waals surface area contributed by atoms with Crippen molar-refractivity contribution >= 4 is 17.0 Å². The van der Waals surface area contributed by atoms with Gasteiger partial charge in [0.2, 0.25) is 0 Å². The molecule has 0 aliphatic heterocycles. The van der Waals surface area contributed by atoms with Gasteiger partial charge < -0.3 is 17.8 Å². The zero-order valence-corrected chi connectivity index (χ0v) is 21.4. The number of nitrogens with zero attached hydrogens (tertiary/aromatic N) is 1. The minimum absolute atomic E-state index is 0.768. The van der Waals surface area contributed by atoms with Crippen molar-refractivity contribution in [2.45, 2.75) is 96.8 Å². The highest BCUT2D eigenvalue weighted by Crippen LogP contribution is 2.44. The third-order valence-electron chi connectivity index (χ3n) is 6.20. The fourth-order valence-electron chi connectivity index (χ4n) is 5.14. The molecule has 0 atom stereocenters. The zero-order chi connectivity index (χ0) is 20.4. The van der Waals surface area contributed by atoms with E-state index in [0.717, 1.165) is 29.1 Å². The van der Waals surface area contributed by atoms with Crippen LogP contribution in [0.2, 0.25) is 22.7 Å². The SMILES string of the molecule is CCCCN(CCCC[Si](OC)(OC)OC)[Si](C(C)C)(C(C)C)C(C)C. The van der Waals surface area contributed by atoms with Gasteiger partial charge in [0, 0.05) is 27.4 Å². The summed E-state index contributed by atoms with van der Waals surface area (Å²) in [7, 11) is 1.13. The Bertz CT molecular complexity index is 331. The maximum atomic E-state index is 5.58. The highest BCUT2D eigenvalue weighted by molar-refractivity contribution is 6.80. The molecule has 0 N–H and O–H groups in total. The Balaban J connectivity index is 5.19. The van der Waals surface area contributed by atoms with E-state index in [1.165, 1.54) is 32.4 Å². The van der Waals surface area contributed by atoms with Gasteiger partial charge in [0.25, 0.3) is 0 Å². The third kappa shape index (κ3) is 6.41. The van der Waals surface area contributed by atoms with Gasteiger partial charge in [-0.1, -0.05) is 54.9 Å². The average molecular weight is 406 g/mol. The normalized spacial score (nSPS) is 13.6. The molecule has 0 saturated carbocycles. The molecule has 0 aliphatic rings. The van der Waals surface area contributed by atoms with Crippen LogP contribution in [0.5, 0.6) is 0 Å². The summed E-state index contributed by atoms with van der Waals surface area (Å²) in [4.78, 5) is 0. The largest absolute Gasteiger partial charge is 0.500 e. The molecule has 0 aromatic rings. The molecule has 0 aliphatic carbocycles. The summed E-state index contributed by atoms with van der Waals surface area (Å²) >= 11 is 0. The van der Waals surface area contributed by atoms with E-state index in [9.17, 15) is 0 Å². The molecule has 158 valence electrons. The van der Waals surface area contributed by atoms with Crippen molar-refractivity contribution in [2.75, 3.05) is 34.4 Å². The van der Waals surface area contributed by atoms with Crippen LogP contribution in [0, 0.1) is 0 Å². The van der Waals surface area contributed by atoms with Crippen LogP contribution in [-0.4, -0.2) is 56.0 Å². The standard InChI is InChI=1S/C20H47NO3Si2/c1-11-12-15-21(26(18(2)3,19(4)5)20(6)7)16-13-14-17-25(22-8,23-9)24-10/h18-20H,11-17H2,1-10H3. The van der Waals surface area contributed by atoms with Gasteiger partial charge in [0.1, 0.15) is 8.24 Å². The van der Waals surface area contributed by atoms with Crippen LogP contribution in [0.15, 0.2) is 0 Å². The quantitative estimate of drug-likeness (QED) is 0.250. The highest BCUT2D eigenvalue weighted by atomic mass is 28.4. The minimum atomic E-state index is -2.43. The van der Waals surface area contributed by atoms with Crippen molar-refractivity contribution in [1.29, 1.82) is 0 Å². The Morgan fingerprint density at radius 2 is 1.12 bits per heavy atom. The van der Waals surface area contributed by atoms with Gasteiger partial charge in [0.15, 0.2) is 0 Å². The van der Waals surface area contributed by atoms with Crippen LogP contribution in [0.3, 0.4) is 0 Å². The van der Waals surface area contributed by atoms with Gasteiger partial charge in [-0.15, -0.1) is 0 Å². The van der Waals surface area contributed by atoms with Gasteiger partial charge in [-0.05, 0) is 49.0 Å². The van der Waals surface area contributed by atoms with Crippen LogP contribution in [0.4, 0.5) is 0 Å². The Morgan fingerprint density at radius 1 is 0.692 bits per heavy atom. The van der Waals surface area contributed by atoms with Gasteiger partial charge in [0.05, 0.1) is 0 Å². The lowest BCUT2D eigenvalue weighted by Gasteiger charge is -2.51. The fraction of sp³-hybridized carbons (Fsp3) is 1.00. The molecule has 0 heterocycles. The van der Waals surface area contributed by atoms with Crippen molar-refractivity contribution in [3.05, 3.63) is 0 Å². The molecular formula is C20H47NO3Si2. The molecule has 6 heteroatoms. The van der Waals surface area contributed by atoms with Crippen molar-refractivity contribution in [2.24, 2.45) is 0 Å². The minimum Gasteiger partial charge on any atom is -0.377 e. The van der Waals surface area contributed by atoms with Crippen LogP contribution in [0.25, 0.3) is 0 Å². The molecule has 0 unspecified atom stereocenters. The van der Waals surface area contributed by atoms with Gasteiger partial charge in [-0.3, -0.25) is 0 Å². The summed E-state index contributed by atoms with van der Waals surface area (Å²) in [6.07, 6.45) is 4.86. The van der Waals surface area contributed by atoms with Gasteiger partial charge in [-0.25, -0.2) is 0 Å². The molecule has 0 amide bonds. The predicted molar refractivity (Wildman–Crippen MR) is 118 cm³/mol. The first-order chi connectivity index (χ1) is 12.2. The summed E-state index contributed by atoms with van der Waals surface area (Å²) in [5.74, 6) is 0. The zero-order valence-electron chi connectivity index (χ0n) is 19.4. The topological polar surface area (TPSA) is 30.9 Å². The van der Waals surface area contributed by atoms with E-state index >= 15 is 0 Å².